The Morgan fingerprint density at radius 1 is 1.44 bits per heavy atom. The maximum absolute atomic E-state index is 5.63. The average Bonchev–Trinajstić information content (AvgIpc) is 2.53. The quantitative estimate of drug-likeness (QED) is 0.766. The van der Waals surface area contributed by atoms with Gasteiger partial charge in [-0.2, -0.15) is 0 Å². The molecule has 1 N–H and O–H groups in total. The van der Waals surface area contributed by atoms with Gasteiger partial charge in [-0.1, -0.05) is 18.7 Å². The van der Waals surface area contributed by atoms with Crippen molar-refractivity contribution in [3.8, 4) is 0 Å². The van der Waals surface area contributed by atoms with Gasteiger partial charge in [-0.05, 0) is 33.1 Å². The summed E-state index contributed by atoms with van der Waals surface area (Å²) in [5.41, 5.74) is 0.0616. The second-order valence-corrected chi connectivity index (χ2v) is 6.28. The lowest BCUT2D eigenvalue weighted by Gasteiger charge is -2.33. The molecular weight excluding hydrogens is 220 g/mol. The molecule has 1 fully saturated rings. The van der Waals surface area contributed by atoms with Gasteiger partial charge in [-0.25, -0.2) is 0 Å². The third-order valence-corrected chi connectivity index (χ3v) is 5.08. The van der Waals surface area contributed by atoms with E-state index in [4.69, 9.17) is 9.73 Å². The van der Waals surface area contributed by atoms with Crippen LogP contribution in [0, 0.1) is 5.92 Å². The van der Waals surface area contributed by atoms with Crippen LogP contribution in [-0.2, 0) is 4.74 Å². The van der Waals surface area contributed by atoms with Gasteiger partial charge in [0.2, 0.25) is 0 Å². The molecule has 4 unspecified atom stereocenters. The fourth-order valence-corrected chi connectivity index (χ4v) is 3.26. The number of hydrogen-bond donors (Lipinski definition) is 1. The van der Waals surface area contributed by atoms with Crippen LogP contribution in [0.1, 0.15) is 34.1 Å². The SMILES string of the molecule is CC1CSC(NC2(C)CCOC2C)=NC1C. The van der Waals surface area contributed by atoms with E-state index in [1.807, 2.05) is 11.8 Å². The number of nitrogens with one attached hydrogen (secondary N) is 1. The molecule has 16 heavy (non-hydrogen) atoms. The molecule has 0 saturated carbocycles. The molecule has 0 amide bonds. The first-order valence-corrected chi connectivity index (χ1v) is 7.10. The summed E-state index contributed by atoms with van der Waals surface area (Å²) in [6.45, 7) is 9.69. The van der Waals surface area contributed by atoms with E-state index in [-0.39, 0.29) is 11.6 Å². The van der Waals surface area contributed by atoms with Crippen LogP contribution in [0.25, 0.3) is 0 Å². The van der Waals surface area contributed by atoms with Crippen LogP contribution >= 0.6 is 11.8 Å². The molecule has 4 atom stereocenters. The Morgan fingerprint density at radius 2 is 2.19 bits per heavy atom. The fraction of sp³-hybridized carbons (Fsp3) is 0.917. The Bertz CT molecular complexity index is 295. The highest BCUT2D eigenvalue weighted by Crippen LogP contribution is 2.28. The minimum absolute atomic E-state index is 0.0616. The van der Waals surface area contributed by atoms with Crippen molar-refractivity contribution < 1.29 is 4.74 Å². The van der Waals surface area contributed by atoms with Gasteiger partial charge < -0.3 is 10.1 Å². The third kappa shape index (κ3) is 2.38. The van der Waals surface area contributed by atoms with Gasteiger partial charge in [0.25, 0.3) is 0 Å². The summed E-state index contributed by atoms with van der Waals surface area (Å²) in [6.07, 6.45) is 1.34. The molecule has 0 aliphatic carbocycles. The zero-order valence-corrected chi connectivity index (χ0v) is 11.4. The summed E-state index contributed by atoms with van der Waals surface area (Å²) < 4.78 is 5.63. The van der Waals surface area contributed by atoms with Crippen molar-refractivity contribution in [2.24, 2.45) is 10.9 Å². The maximum Gasteiger partial charge on any atom is 0.157 e. The summed E-state index contributed by atoms with van der Waals surface area (Å²) in [6, 6.07) is 0.435. The van der Waals surface area contributed by atoms with E-state index in [2.05, 4.69) is 33.0 Å². The van der Waals surface area contributed by atoms with Crippen molar-refractivity contribution in [1.29, 1.82) is 0 Å². The zero-order valence-electron chi connectivity index (χ0n) is 10.6. The molecule has 3 nitrogen and oxygen atoms in total. The largest absolute Gasteiger partial charge is 0.376 e. The van der Waals surface area contributed by atoms with Gasteiger partial charge >= 0.3 is 0 Å². The van der Waals surface area contributed by atoms with Gasteiger partial charge in [0.1, 0.15) is 0 Å². The molecule has 4 heteroatoms. The topological polar surface area (TPSA) is 33.6 Å². The molecule has 0 bridgehead atoms. The summed E-state index contributed by atoms with van der Waals surface area (Å²) in [4.78, 5) is 4.72. The number of nitrogens with zero attached hydrogens (tertiary/aromatic N) is 1. The number of hydrogen-bond acceptors (Lipinski definition) is 4. The van der Waals surface area contributed by atoms with Crippen LogP contribution in [0.4, 0.5) is 0 Å². The molecule has 0 aromatic heterocycles. The van der Waals surface area contributed by atoms with Crippen molar-refractivity contribution in [2.75, 3.05) is 12.4 Å². The second kappa shape index (κ2) is 4.57. The van der Waals surface area contributed by atoms with Gasteiger partial charge in [0, 0.05) is 12.4 Å². The van der Waals surface area contributed by atoms with Crippen molar-refractivity contribution >= 4 is 16.9 Å². The molecule has 0 aromatic rings. The lowest BCUT2D eigenvalue weighted by molar-refractivity contribution is 0.0950. The smallest absolute Gasteiger partial charge is 0.157 e. The molecule has 0 spiro atoms. The molecule has 1 saturated heterocycles. The van der Waals surface area contributed by atoms with Gasteiger partial charge in [-0.3, -0.25) is 4.99 Å². The van der Waals surface area contributed by atoms with E-state index < -0.39 is 0 Å². The predicted molar refractivity (Wildman–Crippen MR) is 70.1 cm³/mol. The highest BCUT2D eigenvalue weighted by atomic mass is 32.2. The number of ether oxygens (including phenoxy) is 1. The number of rotatable bonds is 1. The molecule has 2 aliphatic heterocycles. The predicted octanol–water partition coefficient (Wildman–Crippen LogP) is 2.27. The van der Waals surface area contributed by atoms with Crippen LogP contribution in [-0.4, -0.2) is 35.2 Å². The Balaban J connectivity index is 2.02. The van der Waals surface area contributed by atoms with E-state index in [0.717, 1.165) is 23.9 Å². The molecule has 0 radical (unpaired) electrons. The Hall–Kier alpha value is -0.220. The van der Waals surface area contributed by atoms with Crippen molar-refractivity contribution in [2.45, 2.75) is 51.8 Å². The first-order chi connectivity index (χ1) is 7.51. The average molecular weight is 242 g/mol. The Kier molecular flexibility index (Phi) is 3.50. The Morgan fingerprint density at radius 3 is 2.75 bits per heavy atom. The lowest BCUT2D eigenvalue weighted by Crippen LogP contribution is -2.51. The first-order valence-electron chi connectivity index (χ1n) is 6.11. The third-order valence-electron chi connectivity index (χ3n) is 3.91. The molecule has 2 aliphatic rings. The van der Waals surface area contributed by atoms with Crippen molar-refractivity contribution in [3.05, 3.63) is 0 Å². The maximum atomic E-state index is 5.63. The summed E-state index contributed by atoms with van der Waals surface area (Å²) in [7, 11) is 0. The van der Waals surface area contributed by atoms with E-state index in [1.54, 1.807) is 0 Å². The fourth-order valence-electron chi connectivity index (χ4n) is 2.01. The minimum Gasteiger partial charge on any atom is -0.376 e. The Labute approximate surface area is 102 Å². The van der Waals surface area contributed by atoms with Gasteiger partial charge in [0.05, 0.1) is 17.7 Å². The normalized spacial score (nSPS) is 44.2. The number of aliphatic imine (C=N–C) groups is 1. The summed E-state index contributed by atoms with van der Waals surface area (Å²) in [5.74, 6) is 1.85. The molecule has 2 heterocycles. The van der Waals surface area contributed by atoms with Crippen molar-refractivity contribution in [1.82, 2.24) is 5.32 Å². The second-order valence-electron chi connectivity index (χ2n) is 5.27. The number of amidine groups is 1. The number of thioether (sulfide) groups is 1. The first kappa shape index (κ1) is 12.2. The van der Waals surface area contributed by atoms with Crippen LogP contribution in [0.3, 0.4) is 0 Å². The van der Waals surface area contributed by atoms with E-state index in [1.165, 1.54) is 0 Å². The van der Waals surface area contributed by atoms with Crippen LogP contribution < -0.4 is 5.32 Å². The van der Waals surface area contributed by atoms with Gasteiger partial charge in [-0.15, -0.1) is 0 Å². The summed E-state index contributed by atoms with van der Waals surface area (Å²) >= 11 is 1.85. The van der Waals surface area contributed by atoms with E-state index >= 15 is 0 Å². The van der Waals surface area contributed by atoms with Crippen LogP contribution in [0.2, 0.25) is 0 Å². The lowest BCUT2D eigenvalue weighted by atomic mass is 9.95. The van der Waals surface area contributed by atoms with E-state index in [9.17, 15) is 0 Å². The van der Waals surface area contributed by atoms with Crippen molar-refractivity contribution in [3.63, 3.8) is 0 Å². The molecule has 0 aromatic carbocycles. The van der Waals surface area contributed by atoms with Gasteiger partial charge in [0.15, 0.2) is 5.17 Å². The standard InChI is InChI=1S/C12H22N2OS/c1-8-7-16-11(13-9(8)2)14-12(4)5-6-15-10(12)3/h8-10H,5-7H2,1-4H3,(H,13,14). The summed E-state index contributed by atoms with van der Waals surface area (Å²) in [5, 5.41) is 4.69. The highest BCUT2D eigenvalue weighted by molar-refractivity contribution is 8.13. The molecule has 2 rings (SSSR count). The van der Waals surface area contributed by atoms with E-state index in [0.29, 0.717) is 12.0 Å². The molecule has 92 valence electrons. The van der Waals surface area contributed by atoms with Crippen LogP contribution in [0.15, 0.2) is 4.99 Å². The minimum atomic E-state index is 0.0616. The van der Waals surface area contributed by atoms with Crippen LogP contribution in [0.5, 0.6) is 0 Å². The zero-order chi connectivity index (χ0) is 11.8. The monoisotopic (exact) mass is 242 g/mol. The highest BCUT2D eigenvalue weighted by Gasteiger charge is 2.38. The molecular formula is C12H22N2OS.